The molecule has 0 aliphatic rings. The molecule has 0 radical (unpaired) electrons. The zero-order valence-corrected chi connectivity index (χ0v) is 15.2. The molecule has 6 heteroatoms. The molecule has 1 unspecified atom stereocenters. The van der Waals surface area contributed by atoms with E-state index in [1.54, 1.807) is 6.26 Å². The van der Waals surface area contributed by atoms with Crippen LogP contribution in [0.2, 0.25) is 0 Å². The van der Waals surface area contributed by atoms with Gasteiger partial charge in [0.25, 0.3) is 0 Å². The van der Waals surface area contributed by atoms with E-state index >= 15 is 0 Å². The van der Waals surface area contributed by atoms with Crippen LogP contribution in [-0.2, 0) is 6.54 Å². The van der Waals surface area contributed by atoms with Gasteiger partial charge >= 0.3 is 0 Å². The van der Waals surface area contributed by atoms with E-state index in [4.69, 9.17) is 4.52 Å². The summed E-state index contributed by atoms with van der Waals surface area (Å²) in [7, 11) is 0. The van der Waals surface area contributed by atoms with Crippen LogP contribution in [0.1, 0.15) is 46.2 Å². The van der Waals surface area contributed by atoms with Gasteiger partial charge in [-0.05, 0) is 32.6 Å². The topological polar surface area (TPSA) is 62.5 Å². The van der Waals surface area contributed by atoms with Crippen molar-refractivity contribution in [3.05, 3.63) is 18.0 Å². The molecule has 0 bridgehead atoms. The molecule has 0 aliphatic carbocycles. The van der Waals surface area contributed by atoms with E-state index in [1.165, 1.54) is 6.42 Å². The van der Waals surface area contributed by atoms with Crippen LogP contribution < -0.4 is 10.6 Å². The maximum absolute atomic E-state index is 4.79. The van der Waals surface area contributed by atoms with Gasteiger partial charge in [0.05, 0.1) is 6.54 Å². The van der Waals surface area contributed by atoms with Crippen molar-refractivity contribution in [2.24, 2.45) is 10.9 Å². The zero-order chi connectivity index (χ0) is 14.1. The molecule has 0 aromatic carbocycles. The van der Waals surface area contributed by atoms with Gasteiger partial charge in [-0.15, -0.1) is 24.0 Å². The molecule has 1 aromatic rings. The fourth-order valence-corrected chi connectivity index (χ4v) is 1.69. The number of guanidine groups is 1. The number of aromatic nitrogens is 1. The molecule has 0 saturated carbocycles. The van der Waals surface area contributed by atoms with Gasteiger partial charge in [-0.1, -0.05) is 19.0 Å². The molecule has 20 heavy (non-hydrogen) atoms. The maximum atomic E-state index is 4.79. The van der Waals surface area contributed by atoms with Crippen LogP contribution in [0.3, 0.4) is 0 Å². The molecule has 1 atom stereocenters. The van der Waals surface area contributed by atoms with Gasteiger partial charge in [0.15, 0.2) is 5.96 Å². The molecule has 1 aromatic heterocycles. The first kappa shape index (κ1) is 19.2. The second-order valence-electron chi connectivity index (χ2n) is 5.20. The third-order valence-electron chi connectivity index (χ3n) is 2.79. The zero-order valence-electron chi connectivity index (χ0n) is 12.8. The number of nitrogens with one attached hydrogen (secondary N) is 2. The van der Waals surface area contributed by atoms with Crippen LogP contribution in [0.4, 0.5) is 0 Å². The van der Waals surface area contributed by atoms with E-state index in [-0.39, 0.29) is 24.0 Å². The van der Waals surface area contributed by atoms with Crippen molar-refractivity contribution in [1.82, 2.24) is 15.8 Å². The molecule has 5 nitrogen and oxygen atoms in total. The highest BCUT2D eigenvalue weighted by Crippen LogP contribution is 2.06. The first-order valence-corrected chi connectivity index (χ1v) is 7.06. The minimum atomic E-state index is 0. The molecule has 0 aliphatic heterocycles. The second kappa shape index (κ2) is 10.9. The van der Waals surface area contributed by atoms with Crippen LogP contribution in [0, 0.1) is 5.92 Å². The predicted octanol–water partition coefficient (Wildman–Crippen LogP) is 3.17. The molecular formula is C14H27IN4O. The first-order chi connectivity index (χ1) is 9.11. The highest BCUT2D eigenvalue weighted by molar-refractivity contribution is 14.0. The Morgan fingerprint density at radius 3 is 2.65 bits per heavy atom. The van der Waals surface area contributed by atoms with Gasteiger partial charge in [-0.25, -0.2) is 4.99 Å². The SMILES string of the molecule is CCNC(=NCc1ccon1)NC(C)CCC(C)C.I. The van der Waals surface area contributed by atoms with Gasteiger partial charge in [-0.3, -0.25) is 0 Å². The Kier molecular flexibility index (Phi) is 10.5. The van der Waals surface area contributed by atoms with Crippen LogP contribution in [0.15, 0.2) is 21.8 Å². The van der Waals surface area contributed by atoms with Crippen molar-refractivity contribution in [1.29, 1.82) is 0 Å². The van der Waals surface area contributed by atoms with Gasteiger partial charge < -0.3 is 15.2 Å². The van der Waals surface area contributed by atoms with Gasteiger partial charge in [0, 0.05) is 18.7 Å². The molecule has 116 valence electrons. The van der Waals surface area contributed by atoms with Crippen LogP contribution in [0.25, 0.3) is 0 Å². The quantitative estimate of drug-likeness (QED) is 0.424. The third-order valence-corrected chi connectivity index (χ3v) is 2.79. The largest absolute Gasteiger partial charge is 0.364 e. The minimum absolute atomic E-state index is 0. The fraction of sp³-hybridized carbons (Fsp3) is 0.714. The molecule has 0 amide bonds. The highest BCUT2D eigenvalue weighted by Gasteiger charge is 2.06. The Bertz CT molecular complexity index is 365. The monoisotopic (exact) mass is 394 g/mol. The fourth-order valence-electron chi connectivity index (χ4n) is 1.69. The summed E-state index contributed by atoms with van der Waals surface area (Å²) < 4.78 is 4.79. The third kappa shape index (κ3) is 8.39. The van der Waals surface area contributed by atoms with Gasteiger partial charge in [-0.2, -0.15) is 0 Å². The molecule has 1 rings (SSSR count). The van der Waals surface area contributed by atoms with Crippen molar-refractivity contribution >= 4 is 29.9 Å². The molecular weight excluding hydrogens is 367 g/mol. The number of nitrogens with zero attached hydrogens (tertiary/aromatic N) is 2. The summed E-state index contributed by atoms with van der Waals surface area (Å²) in [5, 5.41) is 10.5. The summed E-state index contributed by atoms with van der Waals surface area (Å²) in [6, 6.07) is 2.24. The number of rotatable bonds is 7. The Labute approximate surface area is 139 Å². The Hall–Kier alpha value is -0.790. The van der Waals surface area contributed by atoms with Crippen LogP contribution in [-0.4, -0.2) is 23.7 Å². The van der Waals surface area contributed by atoms with Crippen molar-refractivity contribution < 1.29 is 4.52 Å². The summed E-state index contributed by atoms with van der Waals surface area (Å²) in [4.78, 5) is 4.49. The van der Waals surface area contributed by atoms with Gasteiger partial charge in [0.1, 0.15) is 12.0 Å². The lowest BCUT2D eigenvalue weighted by Crippen LogP contribution is -2.42. The normalized spacial score (nSPS) is 12.9. The van der Waals surface area contributed by atoms with Crippen LogP contribution in [0.5, 0.6) is 0 Å². The lowest BCUT2D eigenvalue weighted by Gasteiger charge is -2.18. The minimum Gasteiger partial charge on any atom is -0.364 e. The number of halogens is 1. The average molecular weight is 394 g/mol. The second-order valence-corrected chi connectivity index (χ2v) is 5.20. The van der Waals surface area contributed by atoms with E-state index in [2.05, 4.69) is 48.5 Å². The highest BCUT2D eigenvalue weighted by atomic mass is 127. The number of hydrogen-bond donors (Lipinski definition) is 2. The van der Waals surface area contributed by atoms with Crippen LogP contribution >= 0.6 is 24.0 Å². The Morgan fingerprint density at radius 2 is 2.10 bits per heavy atom. The van der Waals surface area contributed by atoms with E-state index in [9.17, 15) is 0 Å². The Balaban J connectivity index is 0.00000361. The predicted molar refractivity (Wildman–Crippen MR) is 93.4 cm³/mol. The molecule has 0 spiro atoms. The smallest absolute Gasteiger partial charge is 0.191 e. The average Bonchev–Trinajstić information content (AvgIpc) is 2.87. The molecule has 2 N–H and O–H groups in total. The molecule has 0 fully saturated rings. The number of aliphatic imine (C=N–C) groups is 1. The first-order valence-electron chi connectivity index (χ1n) is 7.06. The Morgan fingerprint density at radius 1 is 1.35 bits per heavy atom. The summed E-state index contributed by atoms with van der Waals surface area (Å²) in [6.07, 6.45) is 3.93. The summed E-state index contributed by atoms with van der Waals surface area (Å²) >= 11 is 0. The van der Waals surface area contributed by atoms with Crippen molar-refractivity contribution in [2.45, 2.75) is 53.1 Å². The molecule has 0 saturated heterocycles. The molecule has 1 heterocycles. The lowest BCUT2D eigenvalue weighted by atomic mass is 10.0. The summed E-state index contributed by atoms with van der Waals surface area (Å²) in [5.74, 6) is 1.57. The number of hydrogen-bond acceptors (Lipinski definition) is 3. The maximum Gasteiger partial charge on any atom is 0.191 e. The summed E-state index contributed by atoms with van der Waals surface area (Å²) in [5.41, 5.74) is 0.840. The van der Waals surface area contributed by atoms with Crippen molar-refractivity contribution in [3.63, 3.8) is 0 Å². The van der Waals surface area contributed by atoms with Gasteiger partial charge in [0.2, 0.25) is 0 Å². The standard InChI is InChI=1S/C14H26N4O.HI/c1-5-15-14(16-10-13-8-9-19-18-13)17-12(4)7-6-11(2)3;/h8-9,11-12H,5-7,10H2,1-4H3,(H2,15,16,17);1H. The van der Waals surface area contributed by atoms with Crippen molar-refractivity contribution in [2.75, 3.05) is 6.54 Å². The van der Waals surface area contributed by atoms with E-state index in [1.807, 2.05) is 6.07 Å². The lowest BCUT2D eigenvalue weighted by molar-refractivity contribution is 0.412. The summed E-state index contributed by atoms with van der Waals surface area (Å²) in [6.45, 7) is 10.1. The van der Waals surface area contributed by atoms with E-state index < -0.39 is 0 Å². The van der Waals surface area contributed by atoms with E-state index in [0.717, 1.165) is 30.5 Å². The van der Waals surface area contributed by atoms with Crippen molar-refractivity contribution in [3.8, 4) is 0 Å². The van der Waals surface area contributed by atoms with E-state index in [0.29, 0.717) is 12.6 Å².